The molecular weight excluding hydrogens is 554 g/mol. The molecule has 0 atom stereocenters. The number of pyridine rings is 1. The van der Waals surface area contributed by atoms with E-state index in [0.29, 0.717) is 17.6 Å². The zero-order chi connectivity index (χ0) is 30.1. The Kier molecular flexibility index (Phi) is 5.44. The van der Waals surface area contributed by atoms with Crippen LogP contribution in [0.4, 0.5) is 0 Å². The molecule has 0 saturated carbocycles. The van der Waals surface area contributed by atoms with Gasteiger partial charge in [-0.1, -0.05) is 103 Å². The number of hydrogen-bond donors (Lipinski definition) is 0. The molecule has 0 unspecified atom stereocenters. The van der Waals surface area contributed by atoms with E-state index in [0.717, 1.165) is 66.5 Å². The van der Waals surface area contributed by atoms with Crippen molar-refractivity contribution in [1.82, 2.24) is 24.5 Å². The van der Waals surface area contributed by atoms with Gasteiger partial charge in [0.1, 0.15) is 11.3 Å². The van der Waals surface area contributed by atoms with Gasteiger partial charge < -0.3 is 4.74 Å². The molecule has 0 fully saturated rings. The highest BCUT2D eigenvalue weighted by atomic mass is 16.5. The monoisotopic (exact) mass is 581 g/mol. The highest BCUT2D eigenvalue weighted by molar-refractivity contribution is 6.24. The van der Waals surface area contributed by atoms with Crippen molar-refractivity contribution in [2.45, 2.75) is 19.3 Å². The van der Waals surface area contributed by atoms with Crippen LogP contribution in [0, 0.1) is 0 Å². The molecule has 1 aliphatic heterocycles. The summed E-state index contributed by atoms with van der Waals surface area (Å²) in [4.78, 5) is 20.1. The van der Waals surface area contributed by atoms with Crippen LogP contribution < -0.4 is 4.74 Å². The number of nitrogens with zero attached hydrogens (tertiary/aromatic N) is 5. The number of ether oxygens (including phenoxy) is 1. The van der Waals surface area contributed by atoms with E-state index < -0.39 is 5.41 Å². The third-order valence-corrected chi connectivity index (χ3v) is 8.87. The Balaban J connectivity index is 1.47. The van der Waals surface area contributed by atoms with E-state index >= 15 is 0 Å². The standard InChI is InChI=1S/C39H27N5O/c1-39(2)32-27-19-10-9-18-26(27)31-28-20-11-12-21-29(28)44(33(31)34(32)45-30-22-13-23-40-35(30)39)38-42-36(24-14-5-3-6-15-24)41-37(43-38)25-16-7-4-8-17-25/h3-23H,1-2H3. The fourth-order valence-corrected chi connectivity index (χ4v) is 6.88. The SMILES string of the molecule is CC1(C)c2ncccc2Oc2c1c1ccccc1c1c3ccccc3n(-c3nc(-c4ccccc4)nc(-c4ccccc4)n3)c21. The Bertz CT molecular complexity index is 2370. The number of hydrogen-bond acceptors (Lipinski definition) is 5. The van der Waals surface area contributed by atoms with E-state index in [1.807, 2.05) is 79.0 Å². The summed E-state index contributed by atoms with van der Waals surface area (Å²) < 4.78 is 9.06. The normalized spacial score (nSPS) is 13.5. The van der Waals surface area contributed by atoms with Gasteiger partial charge in [0.25, 0.3) is 0 Å². The molecule has 6 heteroatoms. The molecule has 0 aliphatic carbocycles. The summed E-state index contributed by atoms with van der Waals surface area (Å²) in [6.07, 6.45) is 1.84. The van der Waals surface area contributed by atoms with Gasteiger partial charge in [-0.2, -0.15) is 9.97 Å². The van der Waals surface area contributed by atoms with E-state index in [-0.39, 0.29) is 0 Å². The molecule has 6 nitrogen and oxygen atoms in total. The molecular formula is C39H27N5O. The number of fused-ring (bicyclic) bond motifs is 9. The minimum Gasteiger partial charge on any atom is -0.453 e. The molecule has 0 bridgehead atoms. The van der Waals surface area contributed by atoms with Gasteiger partial charge in [-0.25, -0.2) is 4.98 Å². The molecule has 0 spiro atoms. The Morgan fingerprint density at radius 1 is 0.600 bits per heavy atom. The minimum absolute atomic E-state index is 0.428. The van der Waals surface area contributed by atoms with Crippen LogP contribution in [0.25, 0.3) is 61.3 Å². The maximum Gasteiger partial charge on any atom is 0.238 e. The second-order valence-electron chi connectivity index (χ2n) is 11.9. The van der Waals surface area contributed by atoms with Gasteiger partial charge in [-0.15, -0.1) is 0 Å². The molecule has 0 N–H and O–H groups in total. The quantitative estimate of drug-likeness (QED) is 0.208. The van der Waals surface area contributed by atoms with Crippen LogP contribution in [0.2, 0.25) is 0 Å². The van der Waals surface area contributed by atoms with Crippen LogP contribution in [0.1, 0.15) is 25.1 Å². The molecule has 8 aromatic rings. The fraction of sp³-hybridized carbons (Fsp3) is 0.0769. The summed E-state index contributed by atoms with van der Waals surface area (Å²) in [6.45, 7) is 4.46. The second-order valence-corrected chi connectivity index (χ2v) is 11.9. The lowest BCUT2D eigenvalue weighted by atomic mass is 9.75. The van der Waals surface area contributed by atoms with Gasteiger partial charge in [0.05, 0.1) is 11.2 Å². The van der Waals surface area contributed by atoms with Crippen molar-refractivity contribution in [3.63, 3.8) is 0 Å². The number of rotatable bonds is 3. The number of benzene rings is 5. The molecule has 5 aromatic carbocycles. The lowest BCUT2D eigenvalue weighted by molar-refractivity contribution is 0.415. The van der Waals surface area contributed by atoms with E-state index in [1.54, 1.807) is 0 Å². The van der Waals surface area contributed by atoms with Crippen LogP contribution in [0.15, 0.2) is 128 Å². The summed E-state index contributed by atoms with van der Waals surface area (Å²) in [5.74, 6) is 3.30. The van der Waals surface area contributed by atoms with Gasteiger partial charge in [-0.3, -0.25) is 9.55 Å². The molecule has 214 valence electrons. The van der Waals surface area contributed by atoms with Crippen molar-refractivity contribution in [3.05, 3.63) is 139 Å². The topological polar surface area (TPSA) is 65.7 Å². The Morgan fingerprint density at radius 3 is 1.89 bits per heavy atom. The van der Waals surface area contributed by atoms with Gasteiger partial charge >= 0.3 is 0 Å². The number of para-hydroxylation sites is 1. The maximum atomic E-state index is 6.90. The van der Waals surface area contributed by atoms with Crippen LogP contribution in [0.3, 0.4) is 0 Å². The van der Waals surface area contributed by atoms with Crippen LogP contribution >= 0.6 is 0 Å². The summed E-state index contributed by atoms with van der Waals surface area (Å²) >= 11 is 0. The summed E-state index contributed by atoms with van der Waals surface area (Å²) in [6, 6.07) is 41.1. The van der Waals surface area contributed by atoms with Crippen molar-refractivity contribution in [3.8, 4) is 40.2 Å². The first-order chi connectivity index (χ1) is 22.1. The molecule has 0 radical (unpaired) electrons. The Hall–Kier alpha value is -5.88. The zero-order valence-electron chi connectivity index (χ0n) is 24.8. The van der Waals surface area contributed by atoms with Gasteiger partial charge in [0.15, 0.2) is 17.4 Å². The minimum atomic E-state index is -0.428. The van der Waals surface area contributed by atoms with E-state index in [1.165, 1.54) is 0 Å². The third-order valence-electron chi connectivity index (χ3n) is 8.87. The Labute approximate surface area is 259 Å². The van der Waals surface area contributed by atoms with Crippen molar-refractivity contribution >= 4 is 32.6 Å². The molecule has 4 heterocycles. The molecule has 0 amide bonds. The number of aromatic nitrogens is 5. The largest absolute Gasteiger partial charge is 0.453 e. The molecule has 1 aliphatic rings. The van der Waals surface area contributed by atoms with Crippen LogP contribution in [-0.2, 0) is 5.41 Å². The molecule has 0 saturated heterocycles. The predicted octanol–water partition coefficient (Wildman–Crippen LogP) is 9.28. The molecule has 45 heavy (non-hydrogen) atoms. The second kappa shape index (κ2) is 9.56. The Morgan fingerprint density at radius 2 is 1.20 bits per heavy atom. The summed E-state index contributed by atoms with van der Waals surface area (Å²) in [5.41, 5.74) is 5.35. The van der Waals surface area contributed by atoms with Gasteiger partial charge in [0, 0.05) is 39.1 Å². The van der Waals surface area contributed by atoms with Gasteiger partial charge in [-0.05, 0) is 42.8 Å². The van der Waals surface area contributed by atoms with Crippen molar-refractivity contribution in [2.24, 2.45) is 0 Å². The fourth-order valence-electron chi connectivity index (χ4n) is 6.88. The smallest absolute Gasteiger partial charge is 0.238 e. The predicted molar refractivity (Wildman–Crippen MR) is 179 cm³/mol. The highest BCUT2D eigenvalue weighted by Gasteiger charge is 2.40. The van der Waals surface area contributed by atoms with Crippen molar-refractivity contribution in [2.75, 3.05) is 0 Å². The van der Waals surface area contributed by atoms with Crippen LogP contribution in [0.5, 0.6) is 11.5 Å². The molecule has 3 aromatic heterocycles. The third kappa shape index (κ3) is 3.75. The van der Waals surface area contributed by atoms with Crippen LogP contribution in [-0.4, -0.2) is 24.5 Å². The van der Waals surface area contributed by atoms with Crippen molar-refractivity contribution < 1.29 is 4.74 Å². The van der Waals surface area contributed by atoms with E-state index in [4.69, 9.17) is 24.7 Å². The zero-order valence-corrected chi connectivity index (χ0v) is 24.8. The van der Waals surface area contributed by atoms with Crippen molar-refractivity contribution in [1.29, 1.82) is 0 Å². The average Bonchev–Trinajstić information content (AvgIpc) is 3.45. The first-order valence-electron chi connectivity index (χ1n) is 15.1. The maximum absolute atomic E-state index is 6.90. The highest BCUT2D eigenvalue weighted by Crippen LogP contribution is 2.54. The summed E-state index contributed by atoms with van der Waals surface area (Å²) in [5, 5.41) is 4.51. The van der Waals surface area contributed by atoms with E-state index in [9.17, 15) is 0 Å². The lowest BCUT2D eigenvalue weighted by Gasteiger charge is -2.35. The summed E-state index contributed by atoms with van der Waals surface area (Å²) in [7, 11) is 0. The first-order valence-corrected chi connectivity index (χ1v) is 15.1. The lowest BCUT2D eigenvalue weighted by Crippen LogP contribution is -2.26. The molecule has 9 rings (SSSR count). The van der Waals surface area contributed by atoms with Gasteiger partial charge in [0.2, 0.25) is 5.95 Å². The average molecular weight is 582 g/mol. The van der Waals surface area contributed by atoms with E-state index in [2.05, 4.69) is 66.9 Å². The first kappa shape index (κ1) is 25.6.